The van der Waals surface area contributed by atoms with E-state index in [1.807, 2.05) is 40.4 Å². The van der Waals surface area contributed by atoms with Crippen molar-refractivity contribution in [2.24, 2.45) is 0 Å². The molecule has 0 unspecified atom stereocenters. The molecule has 2 N–H and O–H groups in total. The monoisotopic (exact) mass is 617 g/mol. The average molecular weight is 618 g/mol. The average Bonchev–Trinajstić information content (AvgIpc) is 3.54. The zero-order chi connectivity index (χ0) is 31.1. The molecule has 1 aliphatic rings. The molecule has 1 fully saturated rings. The van der Waals surface area contributed by atoms with Crippen LogP contribution in [0.1, 0.15) is 34.3 Å². The number of aliphatic carboxylic acids is 2. The number of piperidine rings is 1. The molecule has 0 saturated carbocycles. The minimum absolute atomic E-state index is 0.450. The summed E-state index contributed by atoms with van der Waals surface area (Å²) < 4.78 is 65.4. The number of carboxylic acids is 2. The fraction of sp³-hybridized carbons (Fsp3) is 0.346. The van der Waals surface area contributed by atoms with Crippen LogP contribution in [0.4, 0.5) is 26.3 Å². The number of halogens is 6. The van der Waals surface area contributed by atoms with Gasteiger partial charge in [-0.2, -0.15) is 31.4 Å². The maximum atomic E-state index is 10.6. The van der Waals surface area contributed by atoms with Crippen molar-refractivity contribution in [3.05, 3.63) is 70.6 Å². The highest BCUT2D eigenvalue weighted by Gasteiger charge is 2.38. The maximum Gasteiger partial charge on any atom is 0.490 e. The minimum atomic E-state index is -5.08. The molecular formula is C26H25F6N5O4S. The van der Waals surface area contributed by atoms with Gasteiger partial charge in [-0.25, -0.2) is 19.1 Å². The number of likely N-dealkylation sites (tertiary alicyclic amines) is 1. The second-order valence-electron chi connectivity index (χ2n) is 9.10. The smallest absolute Gasteiger partial charge is 0.475 e. The van der Waals surface area contributed by atoms with Crippen molar-refractivity contribution in [1.29, 1.82) is 0 Å². The number of carbonyl (C=O) groups is 2. The van der Waals surface area contributed by atoms with Crippen LogP contribution in [-0.2, 0) is 16.1 Å². The van der Waals surface area contributed by atoms with E-state index in [-0.39, 0.29) is 0 Å². The number of hydrogen-bond acceptors (Lipinski definition) is 7. The van der Waals surface area contributed by atoms with E-state index >= 15 is 0 Å². The van der Waals surface area contributed by atoms with E-state index in [4.69, 9.17) is 29.9 Å². The van der Waals surface area contributed by atoms with Crippen LogP contribution >= 0.6 is 11.3 Å². The van der Waals surface area contributed by atoms with Crippen molar-refractivity contribution in [2.75, 3.05) is 13.1 Å². The first-order valence-corrected chi connectivity index (χ1v) is 13.1. The second kappa shape index (κ2) is 13.7. The fourth-order valence-corrected chi connectivity index (χ4v) is 4.86. The Morgan fingerprint density at radius 3 is 1.98 bits per heavy atom. The SMILES string of the molecule is Cc1ccc(CN2CCC(c3nc4ccc(-c5ccncc5)cn4n3)CC2)s1.O=C(O)C(F)(F)F.O=C(O)C(F)(F)F. The Morgan fingerprint density at radius 1 is 0.905 bits per heavy atom. The van der Waals surface area contributed by atoms with Crippen LogP contribution in [0.25, 0.3) is 16.8 Å². The standard InChI is InChI=1S/C22H23N5S.2C2HF3O2/c1-16-2-4-20(28-16)15-26-12-8-18(9-13-26)22-24-21-5-3-19(14-27(21)25-22)17-6-10-23-11-7-17;2*3-2(4,5)1(6)7/h2-7,10-11,14,18H,8-9,12-13,15H2,1H3;2*(H,6,7). The number of thiophene rings is 1. The van der Waals surface area contributed by atoms with Crippen LogP contribution in [0.5, 0.6) is 0 Å². The number of fused-ring (bicyclic) bond motifs is 1. The summed E-state index contributed by atoms with van der Waals surface area (Å²) in [6.45, 7) is 5.47. The number of aromatic nitrogens is 4. The maximum absolute atomic E-state index is 10.6. The van der Waals surface area contributed by atoms with Gasteiger partial charge < -0.3 is 10.2 Å². The van der Waals surface area contributed by atoms with Gasteiger partial charge in [0.1, 0.15) is 0 Å². The molecule has 16 heteroatoms. The first kappa shape index (κ1) is 32.5. The lowest BCUT2D eigenvalue weighted by atomic mass is 9.96. The Bertz CT molecular complexity index is 1460. The van der Waals surface area contributed by atoms with Gasteiger partial charge in [0, 0.05) is 46.4 Å². The number of alkyl halides is 6. The van der Waals surface area contributed by atoms with Crippen molar-refractivity contribution in [2.45, 2.75) is 44.6 Å². The van der Waals surface area contributed by atoms with E-state index in [9.17, 15) is 26.3 Å². The van der Waals surface area contributed by atoms with Crippen molar-refractivity contribution >= 4 is 28.9 Å². The van der Waals surface area contributed by atoms with Crippen molar-refractivity contribution < 1.29 is 46.1 Å². The predicted octanol–water partition coefficient (Wildman–Crippen LogP) is 5.81. The number of hydrogen-bond donors (Lipinski definition) is 2. The minimum Gasteiger partial charge on any atom is -0.475 e. The molecule has 0 bridgehead atoms. The summed E-state index contributed by atoms with van der Waals surface area (Å²) in [5, 5.41) is 19.1. The first-order chi connectivity index (χ1) is 19.6. The van der Waals surface area contributed by atoms with Crippen molar-refractivity contribution in [3.63, 3.8) is 0 Å². The van der Waals surface area contributed by atoms with Crippen LogP contribution in [0, 0.1) is 6.92 Å². The van der Waals surface area contributed by atoms with E-state index in [1.165, 1.54) is 9.75 Å². The molecule has 0 atom stereocenters. The lowest BCUT2D eigenvalue weighted by Crippen LogP contribution is -2.32. The molecule has 0 amide bonds. The third-order valence-corrected chi connectivity index (χ3v) is 6.96. The Labute approximate surface area is 239 Å². The summed E-state index contributed by atoms with van der Waals surface area (Å²) >= 11 is 1.91. The molecule has 9 nitrogen and oxygen atoms in total. The van der Waals surface area contributed by atoms with Gasteiger partial charge in [0.15, 0.2) is 11.5 Å². The zero-order valence-corrected chi connectivity index (χ0v) is 22.7. The molecule has 0 radical (unpaired) electrons. The Kier molecular flexibility index (Phi) is 10.6. The third kappa shape index (κ3) is 9.51. The summed E-state index contributed by atoms with van der Waals surface area (Å²) in [6.07, 6.45) is -2.22. The van der Waals surface area contributed by atoms with Gasteiger partial charge in [0.2, 0.25) is 0 Å². The van der Waals surface area contributed by atoms with Crippen LogP contribution in [0.3, 0.4) is 0 Å². The molecule has 0 spiro atoms. The van der Waals surface area contributed by atoms with Gasteiger partial charge in [-0.3, -0.25) is 9.88 Å². The van der Waals surface area contributed by atoms with E-state index in [1.54, 1.807) is 0 Å². The number of nitrogens with zero attached hydrogens (tertiary/aromatic N) is 5. The highest BCUT2D eigenvalue weighted by molar-refractivity contribution is 7.11. The Hall–Kier alpha value is -4.05. The largest absolute Gasteiger partial charge is 0.490 e. The molecule has 5 heterocycles. The number of pyridine rings is 2. The Balaban J connectivity index is 0.000000289. The van der Waals surface area contributed by atoms with Crippen LogP contribution < -0.4 is 0 Å². The summed E-state index contributed by atoms with van der Waals surface area (Å²) in [5.41, 5.74) is 3.20. The molecule has 226 valence electrons. The highest BCUT2D eigenvalue weighted by Crippen LogP contribution is 2.28. The van der Waals surface area contributed by atoms with Gasteiger partial charge in [-0.05, 0) is 74.8 Å². The second-order valence-corrected chi connectivity index (χ2v) is 10.5. The molecule has 0 aliphatic carbocycles. The molecule has 1 aliphatic heterocycles. The molecule has 42 heavy (non-hydrogen) atoms. The van der Waals surface area contributed by atoms with Gasteiger partial charge in [0.25, 0.3) is 0 Å². The molecular weight excluding hydrogens is 592 g/mol. The number of carboxylic acid groups (broad SMARTS) is 2. The summed E-state index contributed by atoms with van der Waals surface area (Å²) in [5.74, 6) is -4.08. The number of aryl methyl sites for hydroxylation is 1. The summed E-state index contributed by atoms with van der Waals surface area (Å²) in [6, 6.07) is 12.7. The summed E-state index contributed by atoms with van der Waals surface area (Å²) in [7, 11) is 0. The first-order valence-electron chi connectivity index (χ1n) is 12.3. The molecule has 4 aromatic rings. The van der Waals surface area contributed by atoms with Gasteiger partial charge in [0.05, 0.1) is 0 Å². The van der Waals surface area contributed by atoms with Crippen LogP contribution in [-0.4, -0.2) is 72.1 Å². The van der Waals surface area contributed by atoms with Gasteiger partial charge in [-0.1, -0.05) is 0 Å². The van der Waals surface area contributed by atoms with Gasteiger partial charge in [-0.15, -0.1) is 11.3 Å². The van der Waals surface area contributed by atoms with Crippen LogP contribution in [0.15, 0.2) is 55.0 Å². The molecule has 1 saturated heterocycles. The Morgan fingerprint density at radius 2 is 1.48 bits per heavy atom. The topological polar surface area (TPSA) is 121 Å². The predicted molar refractivity (Wildman–Crippen MR) is 140 cm³/mol. The van der Waals surface area contributed by atoms with Crippen LogP contribution in [0.2, 0.25) is 0 Å². The highest BCUT2D eigenvalue weighted by atomic mass is 32.1. The fourth-order valence-electron chi connectivity index (χ4n) is 3.93. The normalized spacial score (nSPS) is 14.5. The molecule has 4 aromatic heterocycles. The third-order valence-electron chi connectivity index (χ3n) is 5.97. The quantitative estimate of drug-likeness (QED) is 0.276. The molecule has 5 rings (SSSR count). The van der Waals surface area contributed by atoms with E-state index in [0.29, 0.717) is 5.92 Å². The van der Waals surface area contributed by atoms with E-state index in [2.05, 4.69) is 47.3 Å². The van der Waals surface area contributed by atoms with Crippen molar-refractivity contribution in [1.82, 2.24) is 24.5 Å². The van der Waals surface area contributed by atoms with Gasteiger partial charge >= 0.3 is 24.3 Å². The summed E-state index contributed by atoms with van der Waals surface area (Å²) in [4.78, 5) is 32.1. The zero-order valence-electron chi connectivity index (χ0n) is 21.9. The van der Waals surface area contributed by atoms with Crippen molar-refractivity contribution in [3.8, 4) is 11.1 Å². The molecule has 0 aromatic carbocycles. The lowest BCUT2D eigenvalue weighted by molar-refractivity contribution is -0.193. The number of rotatable bonds is 4. The van der Waals surface area contributed by atoms with E-state index in [0.717, 1.165) is 55.1 Å². The lowest BCUT2D eigenvalue weighted by Gasteiger charge is -2.30. The van der Waals surface area contributed by atoms with E-state index < -0.39 is 24.3 Å².